The van der Waals surface area contributed by atoms with Crippen LogP contribution in [0.25, 0.3) is 10.2 Å². The van der Waals surface area contributed by atoms with Crippen molar-refractivity contribution < 1.29 is 14.3 Å². The third-order valence-electron chi connectivity index (χ3n) is 4.15. The number of hydrogen-bond donors (Lipinski definition) is 2. The normalized spacial score (nSPS) is 11.3. The molecule has 0 spiro atoms. The Balaban J connectivity index is 1.41. The van der Waals surface area contributed by atoms with Crippen LogP contribution >= 0.6 is 45.7 Å². The van der Waals surface area contributed by atoms with Gasteiger partial charge in [-0.05, 0) is 83.3 Å². The molecule has 9 heteroatoms. The number of aliphatic imine (C=N–C) groups is 1. The Morgan fingerprint density at radius 3 is 2.81 bits per heavy atom. The van der Waals surface area contributed by atoms with Crippen LogP contribution in [0.5, 0.6) is 5.75 Å². The lowest BCUT2D eigenvalue weighted by atomic mass is 10.2. The molecule has 0 bridgehead atoms. The fourth-order valence-electron chi connectivity index (χ4n) is 2.66. The second kappa shape index (κ2) is 9.75. The number of thiazole rings is 1. The molecule has 4 aromatic rings. The van der Waals surface area contributed by atoms with Crippen molar-refractivity contribution in [3.63, 3.8) is 0 Å². The predicted octanol–water partition coefficient (Wildman–Crippen LogP) is 6.23. The van der Waals surface area contributed by atoms with Crippen LogP contribution in [0, 0.1) is 9.39 Å². The number of nitrogens with one attached hydrogen (secondary N) is 1. The number of halogens is 2. The minimum Gasteiger partial charge on any atom is -0.507 e. The zero-order chi connectivity index (χ0) is 21.8. The van der Waals surface area contributed by atoms with Gasteiger partial charge in [-0.3, -0.25) is 9.79 Å². The first-order chi connectivity index (χ1) is 15.0. The molecular weight excluding hydrogens is 548 g/mol. The summed E-state index contributed by atoms with van der Waals surface area (Å²) < 4.78 is 15.7. The van der Waals surface area contributed by atoms with Crippen molar-refractivity contribution in [3.05, 3.63) is 75.6 Å². The van der Waals surface area contributed by atoms with Gasteiger partial charge in [0.15, 0.2) is 4.34 Å². The first-order valence-corrected chi connectivity index (χ1v) is 12.0. The van der Waals surface area contributed by atoms with Gasteiger partial charge in [0.05, 0.1) is 21.7 Å². The number of aromatic hydroxyl groups is 1. The second-order valence-electron chi connectivity index (χ2n) is 6.44. The first-order valence-electron chi connectivity index (χ1n) is 9.08. The molecule has 31 heavy (non-hydrogen) atoms. The number of carbonyl (C=O) groups excluding carboxylic acids is 1. The summed E-state index contributed by atoms with van der Waals surface area (Å²) in [6, 6.07) is 16.7. The average molecular weight is 563 g/mol. The Kier molecular flexibility index (Phi) is 6.83. The van der Waals surface area contributed by atoms with E-state index in [1.807, 2.05) is 30.3 Å². The lowest BCUT2D eigenvalue weighted by Gasteiger charge is -2.03. The maximum atomic E-state index is 12.9. The molecule has 1 amide bonds. The molecule has 3 aromatic carbocycles. The van der Waals surface area contributed by atoms with Crippen molar-refractivity contribution in [1.29, 1.82) is 0 Å². The molecule has 2 N–H and O–H groups in total. The van der Waals surface area contributed by atoms with Gasteiger partial charge in [-0.15, -0.1) is 11.3 Å². The highest BCUT2D eigenvalue weighted by atomic mass is 127. The van der Waals surface area contributed by atoms with Gasteiger partial charge in [0.1, 0.15) is 11.6 Å². The van der Waals surface area contributed by atoms with E-state index in [1.165, 1.54) is 47.4 Å². The molecule has 156 valence electrons. The highest BCUT2D eigenvalue weighted by Crippen LogP contribution is 2.32. The van der Waals surface area contributed by atoms with E-state index in [0.29, 0.717) is 11.3 Å². The van der Waals surface area contributed by atoms with Crippen LogP contribution < -0.4 is 5.32 Å². The molecule has 0 fully saturated rings. The first kappa shape index (κ1) is 21.7. The number of phenolic OH excluding ortho intramolecular Hbond substituents is 1. The molecule has 4 rings (SSSR count). The van der Waals surface area contributed by atoms with Crippen molar-refractivity contribution in [2.45, 2.75) is 4.34 Å². The topological polar surface area (TPSA) is 74.6 Å². The molecule has 0 aliphatic rings. The SMILES string of the molecule is O=C(CSc1nc2ccc(N=Cc3cc(I)ccc3O)cc2s1)Nc1ccc(F)cc1. The minimum absolute atomic E-state index is 0.181. The number of thioether (sulfide) groups is 1. The molecule has 1 aromatic heterocycles. The van der Waals surface area contributed by atoms with E-state index < -0.39 is 0 Å². The number of hydrogen-bond acceptors (Lipinski definition) is 6. The van der Waals surface area contributed by atoms with E-state index in [4.69, 9.17) is 0 Å². The van der Waals surface area contributed by atoms with Crippen molar-refractivity contribution in [2.24, 2.45) is 4.99 Å². The van der Waals surface area contributed by atoms with Crippen LogP contribution in [0.15, 0.2) is 70.0 Å². The summed E-state index contributed by atoms with van der Waals surface area (Å²) in [4.78, 5) is 21.1. The van der Waals surface area contributed by atoms with Gasteiger partial charge in [-0.25, -0.2) is 9.37 Å². The van der Waals surface area contributed by atoms with E-state index in [1.54, 1.807) is 12.3 Å². The number of nitrogens with zero attached hydrogens (tertiary/aromatic N) is 2. The van der Waals surface area contributed by atoms with Crippen molar-refractivity contribution in [1.82, 2.24) is 4.98 Å². The van der Waals surface area contributed by atoms with Gasteiger partial charge < -0.3 is 10.4 Å². The van der Waals surface area contributed by atoms with E-state index in [9.17, 15) is 14.3 Å². The Labute approximate surface area is 199 Å². The summed E-state index contributed by atoms with van der Waals surface area (Å²) in [5.41, 5.74) is 2.79. The Hall–Kier alpha value is -2.50. The Bertz CT molecular complexity index is 1280. The van der Waals surface area contributed by atoms with E-state index >= 15 is 0 Å². The molecule has 1 heterocycles. The standard InChI is InChI=1S/C22H15FIN3O2S2/c23-14-1-4-16(5-2-14)26-21(29)12-30-22-27-18-7-6-17(10-20(18)31-22)25-11-13-9-15(24)3-8-19(13)28/h1-11,28H,12H2,(H,26,29). The summed E-state index contributed by atoms with van der Waals surface area (Å²) in [5.74, 6) is -0.145. The average Bonchev–Trinajstić information content (AvgIpc) is 3.17. The van der Waals surface area contributed by atoms with Crippen LogP contribution in [0.3, 0.4) is 0 Å². The maximum absolute atomic E-state index is 12.9. The fourth-order valence-corrected chi connectivity index (χ4v) is 5.08. The molecule has 0 aliphatic heterocycles. The lowest BCUT2D eigenvalue weighted by molar-refractivity contribution is -0.113. The number of amides is 1. The summed E-state index contributed by atoms with van der Waals surface area (Å²) in [6.45, 7) is 0. The smallest absolute Gasteiger partial charge is 0.234 e. The predicted molar refractivity (Wildman–Crippen MR) is 133 cm³/mol. The molecule has 0 saturated carbocycles. The molecule has 0 saturated heterocycles. The van der Waals surface area contributed by atoms with Crippen LogP contribution in [0.1, 0.15) is 5.56 Å². The molecule has 0 aliphatic carbocycles. The van der Waals surface area contributed by atoms with Gasteiger partial charge in [0, 0.05) is 21.0 Å². The van der Waals surface area contributed by atoms with Crippen LogP contribution in [0.4, 0.5) is 15.8 Å². The number of carbonyl (C=O) groups is 1. The second-order valence-corrected chi connectivity index (χ2v) is 9.94. The number of phenols is 1. The third kappa shape index (κ3) is 5.81. The summed E-state index contributed by atoms with van der Waals surface area (Å²) in [6.07, 6.45) is 1.63. The maximum Gasteiger partial charge on any atom is 0.234 e. The molecule has 0 unspecified atom stereocenters. The number of aromatic nitrogens is 1. The number of anilines is 1. The highest BCUT2D eigenvalue weighted by molar-refractivity contribution is 14.1. The van der Waals surface area contributed by atoms with Crippen molar-refractivity contribution in [2.75, 3.05) is 11.1 Å². The molecular formula is C22H15FIN3O2S2. The summed E-state index contributed by atoms with van der Waals surface area (Å²) in [7, 11) is 0. The van der Waals surface area contributed by atoms with E-state index in [-0.39, 0.29) is 23.2 Å². The zero-order valence-corrected chi connectivity index (χ0v) is 19.7. The number of fused-ring (bicyclic) bond motifs is 1. The van der Waals surface area contributed by atoms with Crippen molar-refractivity contribution in [3.8, 4) is 5.75 Å². The van der Waals surface area contributed by atoms with Crippen LogP contribution in [-0.4, -0.2) is 28.0 Å². The van der Waals surface area contributed by atoms with Crippen LogP contribution in [0.2, 0.25) is 0 Å². The number of rotatable bonds is 6. The van der Waals surface area contributed by atoms with Gasteiger partial charge in [0.25, 0.3) is 0 Å². The summed E-state index contributed by atoms with van der Waals surface area (Å²) >= 11 is 5.02. The van der Waals surface area contributed by atoms with E-state index in [0.717, 1.165) is 23.8 Å². The fraction of sp³-hybridized carbons (Fsp3) is 0.0455. The van der Waals surface area contributed by atoms with Gasteiger partial charge in [0.2, 0.25) is 5.91 Å². The minimum atomic E-state index is -0.346. The van der Waals surface area contributed by atoms with Gasteiger partial charge in [-0.2, -0.15) is 0 Å². The largest absolute Gasteiger partial charge is 0.507 e. The quantitative estimate of drug-likeness (QED) is 0.166. The Morgan fingerprint density at radius 1 is 1.19 bits per heavy atom. The molecule has 5 nitrogen and oxygen atoms in total. The zero-order valence-electron chi connectivity index (χ0n) is 15.9. The molecule has 0 radical (unpaired) electrons. The Morgan fingerprint density at radius 2 is 2.00 bits per heavy atom. The summed E-state index contributed by atoms with van der Waals surface area (Å²) in [5, 5.41) is 12.7. The van der Waals surface area contributed by atoms with E-state index in [2.05, 4.69) is 37.9 Å². The lowest BCUT2D eigenvalue weighted by Crippen LogP contribution is -2.13. The van der Waals surface area contributed by atoms with Crippen molar-refractivity contribution >= 4 is 79.4 Å². The van der Waals surface area contributed by atoms with Gasteiger partial charge in [-0.1, -0.05) is 11.8 Å². The van der Waals surface area contributed by atoms with Crippen LogP contribution in [-0.2, 0) is 4.79 Å². The number of benzene rings is 3. The monoisotopic (exact) mass is 563 g/mol. The highest BCUT2D eigenvalue weighted by Gasteiger charge is 2.09. The van der Waals surface area contributed by atoms with Gasteiger partial charge >= 0.3 is 0 Å². The molecule has 0 atom stereocenters. The third-order valence-corrected chi connectivity index (χ3v) is 6.98.